The molecular weight excluding hydrogens is 701 g/mol. The number of pyridine rings is 2. The number of H-pyrrole nitrogens is 1. The molecule has 6 aromatic heterocycles. The lowest BCUT2D eigenvalue weighted by Crippen LogP contribution is -2.21. The minimum atomic E-state index is -0.188. The van der Waals surface area contributed by atoms with Crippen molar-refractivity contribution < 1.29 is 0 Å². The van der Waals surface area contributed by atoms with E-state index in [1.165, 1.54) is 12.4 Å². The second kappa shape index (κ2) is 13.4. The van der Waals surface area contributed by atoms with Crippen molar-refractivity contribution in [1.82, 2.24) is 48.8 Å². The van der Waals surface area contributed by atoms with Gasteiger partial charge in [-0.25, -0.2) is 24.9 Å². The molecule has 0 aliphatic rings. The highest BCUT2D eigenvalue weighted by Crippen LogP contribution is 2.28. The van der Waals surface area contributed by atoms with Crippen LogP contribution in [0, 0.1) is 0 Å². The Kier molecular flexibility index (Phi) is 7.87. The second-order valence-corrected chi connectivity index (χ2v) is 13.9. The molecule has 0 saturated heterocycles. The van der Waals surface area contributed by atoms with Gasteiger partial charge < -0.3 is 4.57 Å². The van der Waals surface area contributed by atoms with Gasteiger partial charge in [0.25, 0.3) is 11.1 Å². The number of hydrogen-bond donors (Lipinski definition) is 1. The van der Waals surface area contributed by atoms with E-state index in [1.807, 2.05) is 72.5 Å². The van der Waals surface area contributed by atoms with Crippen molar-refractivity contribution >= 4 is 44.3 Å². The first-order valence-electron chi connectivity index (χ1n) is 18.2. The van der Waals surface area contributed by atoms with Gasteiger partial charge >= 0.3 is 0 Å². The molecule has 10 aromatic rings. The van der Waals surface area contributed by atoms with Gasteiger partial charge in [-0.05, 0) is 88.0 Å². The zero-order valence-electron chi connectivity index (χ0n) is 30.2. The van der Waals surface area contributed by atoms with Crippen LogP contribution >= 0.6 is 0 Å². The van der Waals surface area contributed by atoms with Crippen molar-refractivity contribution in [3.8, 4) is 22.3 Å². The second-order valence-electron chi connectivity index (χ2n) is 13.9. The third kappa shape index (κ3) is 5.99. The van der Waals surface area contributed by atoms with Crippen LogP contribution in [0.4, 0.5) is 0 Å². The summed E-state index contributed by atoms with van der Waals surface area (Å²) in [6.07, 6.45) is 6.66. The molecule has 12 nitrogen and oxygen atoms in total. The van der Waals surface area contributed by atoms with E-state index in [4.69, 9.17) is 4.98 Å². The summed E-state index contributed by atoms with van der Waals surface area (Å²) in [6, 6.07) is 36.4. The van der Waals surface area contributed by atoms with Crippen molar-refractivity contribution in [2.45, 2.75) is 19.5 Å². The molecular formula is C44H32N10O2. The molecule has 0 spiro atoms. The largest absolute Gasteiger partial charge is 0.334 e. The Morgan fingerprint density at radius 3 is 2.04 bits per heavy atom. The highest BCUT2D eigenvalue weighted by molar-refractivity contribution is 5.87. The predicted molar refractivity (Wildman–Crippen MR) is 216 cm³/mol. The number of benzene rings is 4. The van der Waals surface area contributed by atoms with E-state index >= 15 is 0 Å². The fraction of sp³-hybridized carbons (Fsp3) is 0.0909. The van der Waals surface area contributed by atoms with Gasteiger partial charge in [0.05, 0.1) is 59.4 Å². The first-order valence-corrected chi connectivity index (χ1v) is 18.2. The molecule has 1 N–H and O–H groups in total. The van der Waals surface area contributed by atoms with E-state index in [1.54, 1.807) is 15.3 Å². The van der Waals surface area contributed by atoms with Crippen molar-refractivity contribution in [3.63, 3.8) is 0 Å². The van der Waals surface area contributed by atoms with E-state index in [-0.39, 0.29) is 11.1 Å². The lowest BCUT2D eigenvalue weighted by Gasteiger charge is -2.12. The zero-order valence-corrected chi connectivity index (χ0v) is 30.2. The number of nitrogens with one attached hydrogen (secondary N) is 1. The number of aryl methyl sites for hydroxylation is 1. The fourth-order valence-electron chi connectivity index (χ4n) is 7.45. The summed E-state index contributed by atoms with van der Waals surface area (Å²) < 4.78 is 5.42. The van der Waals surface area contributed by atoms with Gasteiger partial charge in [-0.1, -0.05) is 54.6 Å². The van der Waals surface area contributed by atoms with Crippen molar-refractivity contribution in [2.24, 2.45) is 7.05 Å². The first-order chi connectivity index (χ1) is 27.4. The Bertz CT molecular complexity index is 3270. The first kappa shape index (κ1) is 33.0. The number of imidazole rings is 1. The molecule has 0 bridgehead atoms. The Morgan fingerprint density at radius 1 is 0.589 bits per heavy atom. The van der Waals surface area contributed by atoms with E-state index < -0.39 is 0 Å². The Morgan fingerprint density at radius 2 is 1.27 bits per heavy atom. The molecule has 4 aromatic carbocycles. The molecule has 0 unspecified atom stereocenters. The van der Waals surface area contributed by atoms with Gasteiger partial charge in [-0.3, -0.25) is 23.8 Å². The summed E-state index contributed by atoms with van der Waals surface area (Å²) in [7, 11) is 1.99. The third-order valence-electron chi connectivity index (χ3n) is 10.3. The molecule has 0 aliphatic carbocycles. The summed E-state index contributed by atoms with van der Waals surface area (Å²) in [5, 5.41) is 8.85. The van der Waals surface area contributed by atoms with E-state index in [0.717, 1.165) is 66.7 Å². The maximum atomic E-state index is 13.2. The summed E-state index contributed by atoms with van der Waals surface area (Å²) >= 11 is 0. The van der Waals surface area contributed by atoms with Crippen molar-refractivity contribution in [1.29, 1.82) is 0 Å². The van der Waals surface area contributed by atoms with Crippen molar-refractivity contribution in [3.05, 3.63) is 177 Å². The minimum absolute atomic E-state index is 0.176. The maximum Gasteiger partial charge on any atom is 0.269 e. The molecule has 0 amide bonds. The van der Waals surface area contributed by atoms with Gasteiger partial charge in [0.15, 0.2) is 11.3 Å². The standard InChI is InChI=1S/C44H32N10O2/c1-52-26-48-35-14-11-32(20-40(35)52)30-8-3-6-28(18-30)25-54-39-15-12-33(49-44(39)47-23-42(54)56)21-37-34-13-10-31(19-36(34)50-51-37)29-7-2-5-27(17-29)24-53-38-9-4-16-45-43(38)46-22-41(53)55/h2-20,22-23,26H,21,24-25H2,1H3,(H,50,51). The lowest BCUT2D eigenvalue weighted by atomic mass is 10.0. The molecule has 0 radical (unpaired) electrons. The highest BCUT2D eigenvalue weighted by atomic mass is 16.1. The van der Waals surface area contributed by atoms with Crippen LogP contribution in [0.5, 0.6) is 0 Å². The van der Waals surface area contributed by atoms with Crippen LogP contribution in [0.3, 0.4) is 0 Å². The molecule has 12 heteroatoms. The number of rotatable bonds is 8. The van der Waals surface area contributed by atoms with Gasteiger partial charge in [-0.2, -0.15) is 5.10 Å². The lowest BCUT2D eigenvalue weighted by molar-refractivity contribution is 0.783. The van der Waals surface area contributed by atoms with Crippen molar-refractivity contribution in [2.75, 3.05) is 0 Å². The molecule has 0 aliphatic heterocycles. The van der Waals surface area contributed by atoms with Crippen LogP contribution < -0.4 is 11.1 Å². The smallest absolute Gasteiger partial charge is 0.269 e. The number of aromatic nitrogens is 10. The number of nitrogens with zero attached hydrogens (tertiary/aromatic N) is 9. The molecule has 0 atom stereocenters. The average molecular weight is 733 g/mol. The van der Waals surface area contributed by atoms with Crippen LogP contribution in [0.15, 0.2) is 144 Å². The SMILES string of the molecule is Cn1cnc2ccc(-c3cccc(Cn4c(=O)cnc5nc(Cc6[nH]nc7cc(-c8cccc(Cn9c(=O)cnc%10ncccc%109)c8)ccc67)ccc54)c3)cc21. The average Bonchev–Trinajstić information content (AvgIpc) is 3.82. The van der Waals surface area contributed by atoms with E-state index in [2.05, 4.69) is 84.7 Å². The van der Waals surface area contributed by atoms with E-state index in [0.29, 0.717) is 41.8 Å². The number of aromatic amines is 1. The summed E-state index contributed by atoms with van der Waals surface area (Å²) in [5.41, 5.74) is 12.8. The van der Waals surface area contributed by atoms with Crippen LogP contribution in [-0.4, -0.2) is 48.8 Å². The Hall–Kier alpha value is -7.60. The molecule has 6 heterocycles. The summed E-state index contributed by atoms with van der Waals surface area (Å²) in [5.74, 6) is 0. The fourth-order valence-corrected chi connectivity index (χ4v) is 7.45. The maximum absolute atomic E-state index is 13.2. The normalized spacial score (nSPS) is 11.7. The number of fused-ring (bicyclic) bond motifs is 4. The molecule has 270 valence electrons. The van der Waals surface area contributed by atoms with Gasteiger partial charge in [0, 0.05) is 36.4 Å². The summed E-state index contributed by atoms with van der Waals surface area (Å²) in [6.45, 7) is 0.779. The molecule has 56 heavy (non-hydrogen) atoms. The zero-order chi connectivity index (χ0) is 37.8. The number of hydrogen-bond acceptors (Lipinski definition) is 8. The van der Waals surface area contributed by atoms with E-state index in [9.17, 15) is 9.59 Å². The summed E-state index contributed by atoms with van der Waals surface area (Å²) in [4.78, 5) is 48.1. The quantitative estimate of drug-likeness (QED) is 0.182. The van der Waals surface area contributed by atoms with Crippen LogP contribution in [-0.2, 0) is 26.6 Å². The highest BCUT2D eigenvalue weighted by Gasteiger charge is 2.14. The van der Waals surface area contributed by atoms with Crippen LogP contribution in [0.1, 0.15) is 22.5 Å². The van der Waals surface area contributed by atoms with Gasteiger partial charge in [0.2, 0.25) is 0 Å². The predicted octanol–water partition coefficient (Wildman–Crippen LogP) is 6.68. The third-order valence-corrected chi connectivity index (χ3v) is 10.3. The monoisotopic (exact) mass is 732 g/mol. The van der Waals surface area contributed by atoms with Gasteiger partial charge in [-0.15, -0.1) is 0 Å². The van der Waals surface area contributed by atoms with Crippen LogP contribution in [0.2, 0.25) is 0 Å². The molecule has 10 rings (SSSR count). The molecule has 0 fully saturated rings. The Balaban J connectivity index is 0.893. The Labute approximate surface area is 318 Å². The molecule has 0 saturated carbocycles. The van der Waals surface area contributed by atoms with Gasteiger partial charge in [0.1, 0.15) is 0 Å². The van der Waals surface area contributed by atoms with Crippen LogP contribution in [0.25, 0.3) is 66.5 Å². The topological polar surface area (TPSA) is 142 Å². The minimum Gasteiger partial charge on any atom is -0.334 e.